The number of carbonyl (C=O) groups excluding carboxylic acids is 1. The smallest absolute Gasteiger partial charge is 0.354 e. The van der Waals surface area contributed by atoms with Gasteiger partial charge in [0.05, 0.1) is 12.8 Å². The molecule has 1 aromatic carbocycles. The van der Waals surface area contributed by atoms with Crippen molar-refractivity contribution in [2.24, 2.45) is 0 Å². The molecule has 0 fully saturated rings. The minimum absolute atomic E-state index is 0.347. The van der Waals surface area contributed by atoms with Crippen LogP contribution in [0, 0.1) is 3.57 Å². The summed E-state index contributed by atoms with van der Waals surface area (Å²) >= 11 is 2.20. The minimum atomic E-state index is -0.347. The first-order valence-electron chi connectivity index (χ1n) is 4.74. The second kappa shape index (κ2) is 4.69. The molecule has 16 heavy (non-hydrogen) atoms. The highest BCUT2D eigenvalue weighted by Gasteiger charge is 2.13. The minimum Gasteiger partial charge on any atom is -0.464 e. The molecule has 2 rings (SSSR count). The number of H-pyrrole nitrogens is 1. The SMILES string of the molecule is COC(=O)c1cc(I)c(-c2ccccc2)[nH]1. The molecule has 2 aromatic rings. The Bertz CT molecular complexity index is 505. The van der Waals surface area contributed by atoms with Crippen LogP contribution < -0.4 is 0 Å². The molecule has 82 valence electrons. The van der Waals surface area contributed by atoms with Crippen LogP contribution in [0.4, 0.5) is 0 Å². The van der Waals surface area contributed by atoms with E-state index in [4.69, 9.17) is 0 Å². The second-order valence-electron chi connectivity index (χ2n) is 3.26. The molecule has 0 aliphatic heterocycles. The zero-order valence-corrected chi connectivity index (χ0v) is 10.8. The maximum absolute atomic E-state index is 11.4. The fourth-order valence-corrected chi connectivity index (χ4v) is 2.22. The molecule has 0 aliphatic carbocycles. The number of aromatic nitrogens is 1. The lowest BCUT2D eigenvalue weighted by Crippen LogP contribution is -2.00. The fraction of sp³-hybridized carbons (Fsp3) is 0.0833. The van der Waals surface area contributed by atoms with Crippen LogP contribution in [0.25, 0.3) is 11.3 Å². The Morgan fingerprint density at radius 2 is 2.00 bits per heavy atom. The number of nitrogens with one attached hydrogen (secondary N) is 1. The van der Waals surface area contributed by atoms with Crippen LogP contribution >= 0.6 is 22.6 Å². The third-order valence-corrected chi connectivity index (χ3v) is 3.09. The summed E-state index contributed by atoms with van der Waals surface area (Å²) in [6.07, 6.45) is 0. The van der Waals surface area contributed by atoms with Crippen molar-refractivity contribution in [2.45, 2.75) is 0 Å². The first-order chi connectivity index (χ1) is 7.72. The van der Waals surface area contributed by atoms with Gasteiger partial charge in [0.1, 0.15) is 5.69 Å². The van der Waals surface area contributed by atoms with Gasteiger partial charge in [0, 0.05) is 3.57 Å². The fourth-order valence-electron chi connectivity index (χ4n) is 1.46. The molecule has 1 N–H and O–H groups in total. The average molecular weight is 327 g/mol. The van der Waals surface area contributed by atoms with E-state index in [1.165, 1.54) is 7.11 Å². The maximum Gasteiger partial charge on any atom is 0.354 e. The molecule has 4 heteroatoms. The number of ether oxygens (including phenoxy) is 1. The van der Waals surface area contributed by atoms with Crippen molar-refractivity contribution in [3.05, 3.63) is 45.7 Å². The van der Waals surface area contributed by atoms with Crippen LogP contribution in [0.3, 0.4) is 0 Å². The summed E-state index contributed by atoms with van der Waals surface area (Å²) in [5.74, 6) is -0.347. The van der Waals surface area contributed by atoms with E-state index in [2.05, 4.69) is 32.3 Å². The van der Waals surface area contributed by atoms with Gasteiger partial charge in [-0.15, -0.1) is 0 Å². The molecule has 0 radical (unpaired) electrons. The molecular weight excluding hydrogens is 317 g/mol. The molecule has 1 heterocycles. The lowest BCUT2D eigenvalue weighted by Gasteiger charge is -1.98. The predicted molar refractivity (Wildman–Crippen MR) is 70.3 cm³/mol. The normalized spacial score (nSPS) is 10.1. The number of methoxy groups -OCH3 is 1. The Morgan fingerprint density at radius 3 is 2.62 bits per heavy atom. The number of benzene rings is 1. The Morgan fingerprint density at radius 1 is 1.31 bits per heavy atom. The number of aromatic amines is 1. The molecule has 0 saturated heterocycles. The zero-order valence-electron chi connectivity index (χ0n) is 8.66. The van der Waals surface area contributed by atoms with Crippen molar-refractivity contribution in [1.29, 1.82) is 0 Å². The summed E-state index contributed by atoms with van der Waals surface area (Å²) in [6.45, 7) is 0. The summed E-state index contributed by atoms with van der Waals surface area (Å²) in [4.78, 5) is 14.4. The van der Waals surface area contributed by atoms with Crippen molar-refractivity contribution in [2.75, 3.05) is 7.11 Å². The van der Waals surface area contributed by atoms with Gasteiger partial charge in [-0.2, -0.15) is 0 Å². The number of rotatable bonds is 2. The highest BCUT2D eigenvalue weighted by atomic mass is 127. The Kier molecular flexibility index (Phi) is 3.28. The number of hydrogen-bond acceptors (Lipinski definition) is 2. The summed E-state index contributed by atoms with van der Waals surface area (Å²) in [7, 11) is 1.37. The van der Waals surface area contributed by atoms with E-state index in [1.54, 1.807) is 6.07 Å². The molecule has 0 amide bonds. The van der Waals surface area contributed by atoms with Crippen LogP contribution in [0.2, 0.25) is 0 Å². The molecule has 3 nitrogen and oxygen atoms in total. The third-order valence-electron chi connectivity index (χ3n) is 2.24. The van der Waals surface area contributed by atoms with Gasteiger partial charge in [0.15, 0.2) is 0 Å². The molecule has 0 aliphatic rings. The molecule has 0 spiro atoms. The van der Waals surface area contributed by atoms with Gasteiger partial charge in [0.25, 0.3) is 0 Å². The number of halogens is 1. The molecule has 0 saturated carbocycles. The summed E-state index contributed by atoms with van der Waals surface area (Å²) in [6, 6.07) is 11.7. The van der Waals surface area contributed by atoms with Gasteiger partial charge >= 0.3 is 5.97 Å². The standard InChI is InChI=1S/C12H10INO2/c1-16-12(15)10-7-9(13)11(14-10)8-5-3-2-4-6-8/h2-7,14H,1H3. The van der Waals surface area contributed by atoms with Gasteiger partial charge in [-0.3, -0.25) is 0 Å². The molecule has 0 bridgehead atoms. The Balaban J connectivity index is 2.44. The molecule has 0 atom stereocenters. The van der Waals surface area contributed by atoms with Gasteiger partial charge in [-0.25, -0.2) is 4.79 Å². The molecule has 0 unspecified atom stereocenters. The largest absolute Gasteiger partial charge is 0.464 e. The molecule has 1 aromatic heterocycles. The van der Waals surface area contributed by atoms with Crippen LogP contribution in [0.15, 0.2) is 36.4 Å². The highest BCUT2D eigenvalue weighted by molar-refractivity contribution is 14.1. The van der Waals surface area contributed by atoms with E-state index in [-0.39, 0.29) is 5.97 Å². The van der Waals surface area contributed by atoms with Gasteiger partial charge < -0.3 is 9.72 Å². The lowest BCUT2D eigenvalue weighted by molar-refractivity contribution is 0.0595. The van der Waals surface area contributed by atoms with Crippen molar-refractivity contribution in [3.63, 3.8) is 0 Å². The topological polar surface area (TPSA) is 42.1 Å². The maximum atomic E-state index is 11.4. The van der Waals surface area contributed by atoms with E-state index in [0.717, 1.165) is 14.8 Å². The summed E-state index contributed by atoms with van der Waals surface area (Å²) in [5.41, 5.74) is 2.48. The van der Waals surface area contributed by atoms with Crippen molar-refractivity contribution >= 4 is 28.6 Å². The summed E-state index contributed by atoms with van der Waals surface area (Å²) in [5, 5.41) is 0. The van der Waals surface area contributed by atoms with E-state index < -0.39 is 0 Å². The van der Waals surface area contributed by atoms with Crippen molar-refractivity contribution in [3.8, 4) is 11.3 Å². The van der Waals surface area contributed by atoms with Crippen molar-refractivity contribution < 1.29 is 9.53 Å². The number of esters is 1. The molecular formula is C12H10INO2. The third kappa shape index (κ3) is 2.11. The average Bonchev–Trinajstić information content (AvgIpc) is 2.71. The summed E-state index contributed by atoms with van der Waals surface area (Å²) < 4.78 is 5.67. The second-order valence-corrected chi connectivity index (χ2v) is 4.43. The quantitative estimate of drug-likeness (QED) is 0.680. The predicted octanol–water partition coefficient (Wildman–Crippen LogP) is 3.07. The van der Waals surface area contributed by atoms with E-state index in [0.29, 0.717) is 5.69 Å². The van der Waals surface area contributed by atoms with E-state index in [1.807, 2.05) is 30.3 Å². The number of hydrogen-bond donors (Lipinski definition) is 1. The van der Waals surface area contributed by atoms with Crippen molar-refractivity contribution in [1.82, 2.24) is 4.98 Å². The van der Waals surface area contributed by atoms with Crippen LogP contribution in [-0.2, 0) is 4.74 Å². The Hall–Kier alpha value is -1.30. The number of carbonyl (C=O) groups is 1. The highest BCUT2D eigenvalue weighted by Crippen LogP contribution is 2.25. The van der Waals surface area contributed by atoms with Crippen LogP contribution in [0.1, 0.15) is 10.5 Å². The Labute approximate surface area is 107 Å². The monoisotopic (exact) mass is 327 g/mol. The van der Waals surface area contributed by atoms with E-state index in [9.17, 15) is 4.79 Å². The first kappa shape index (κ1) is 11.2. The van der Waals surface area contributed by atoms with Gasteiger partial charge in [-0.1, -0.05) is 30.3 Å². The van der Waals surface area contributed by atoms with Crippen LogP contribution in [0.5, 0.6) is 0 Å². The zero-order chi connectivity index (χ0) is 11.5. The lowest BCUT2D eigenvalue weighted by atomic mass is 10.2. The first-order valence-corrected chi connectivity index (χ1v) is 5.82. The van der Waals surface area contributed by atoms with Gasteiger partial charge in [0.2, 0.25) is 0 Å². The van der Waals surface area contributed by atoms with E-state index >= 15 is 0 Å². The van der Waals surface area contributed by atoms with Gasteiger partial charge in [-0.05, 0) is 34.2 Å². The van der Waals surface area contributed by atoms with Crippen LogP contribution in [-0.4, -0.2) is 18.1 Å².